The van der Waals surface area contributed by atoms with Gasteiger partial charge in [0.05, 0.1) is 5.69 Å². The van der Waals surface area contributed by atoms with Gasteiger partial charge in [0.25, 0.3) is 0 Å². The Labute approximate surface area is 226 Å². The van der Waals surface area contributed by atoms with Crippen molar-refractivity contribution in [3.63, 3.8) is 0 Å². The molecular weight excluding hydrogens is 454 g/mol. The van der Waals surface area contributed by atoms with Crippen LogP contribution >= 0.6 is 0 Å². The van der Waals surface area contributed by atoms with E-state index < -0.39 is 0 Å². The molecule has 2 aromatic rings. The van der Waals surface area contributed by atoms with E-state index in [2.05, 4.69) is 50.2 Å². The summed E-state index contributed by atoms with van der Waals surface area (Å²) in [4.78, 5) is 16.9. The summed E-state index contributed by atoms with van der Waals surface area (Å²) in [6, 6.07) is 13.3. The van der Waals surface area contributed by atoms with Gasteiger partial charge in [-0.3, -0.25) is 4.98 Å². The Balaban J connectivity index is 1.34. The Morgan fingerprint density at radius 2 is 1.51 bits per heavy atom. The Morgan fingerprint density at radius 3 is 2.19 bits per heavy atom. The molecule has 0 aliphatic heterocycles. The molecule has 0 saturated heterocycles. The lowest BCUT2D eigenvalue weighted by Gasteiger charge is -2.28. The summed E-state index contributed by atoms with van der Waals surface area (Å²) in [5.41, 5.74) is 4.94. The fourth-order valence-corrected chi connectivity index (χ4v) is 5.36. The molecular formula is C34H49NO2. The second kappa shape index (κ2) is 17.2. The van der Waals surface area contributed by atoms with E-state index in [9.17, 15) is 4.79 Å². The van der Waals surface area contributed by atoms with Crippen molar-refractivity contribution in [2.75, 3.05) is 0 Å². The summed E-state index contributed by atoms with van der Waals surface area (Å²) in [7, 11) is 0. The summed E-state index contributed by atoms with van der Waals surface area (Å²) in [6.07, 6.45) is 24.7. The molecule has 1 fully saturated rings. The number of hydrogen-bond acceptors (Lipinski definition) is 3. The number of aromatic nitrogens is 1. The third-order valence-corrected chi connectivity index (χ3v) is 7.76. The van der Waals surface area contributed by atoms with E-state index >= 15 is 0 Å². The highest BCUT2D eigenvalue weighted by molar-refractivity contribution is 5.82. The van der Waals surface area contributed by atoms with Gasteiger partial charge in [-0.15, -0.1) is 0 Å². The second-order valence-corrected chi connectivity index (χ2v) is 10.9. The first kappa shape index (κ1) is 29.1. The topological polar surface area (TPSA) is 39.2 Å². The monoisotopic (exact) mass is 503 g/mol. The summed E-state index contributed by atoms with van der Waals surface area (Å²) in [5.74, 6) is 0.380. The fourth-order valence-electron chi connectivity index (χ4n) is 5.36. The minimum Gasteiger partial charge on any atom is -0.459 e. The fraction of sp³-hybridized carbons (Fsp3) is 0.588. The van der Waals surface area contributed by atoms with Crippen LogP contribution in [0.1, 0.15) is 127 Å². The Bertz CT molecular complexity index is 908. The van der Waals surface area contributed by atoms with Gasteiger partial charge in [0.15, 0.2) is 0 Å². The normalized spacial score (nSPS) is 17.8. The maximum Gasteiger partial charge on any atom is 0.330 e. The van der Waals surface area contributed by atoms with Gasteiger partial charge >= 0.3 is 5.97 Å². The van der Waals surface area contributed by atoms with Crippen LogP contribution in [0.5, 0.6) is 0 Å². The molecule has 3 rings (SSSR count). The zero-order valence-electron chi connectivity index (χ0n) is 23.4. The second-order valence-electron chi connectivity index (χ2n) is 10.9. The van der Waals surface area contributed by atoms with Crippen LogP contribution in [-0.2, 0) is 16.0 Å². The van der Waals surface area contributed by atoms with E-state index in [0.29, 0.717) is 5.92 Å². The molecule has 1 aliphatic carbocycles. The molecule has 0 N–H and O–H groups in total. The van der Waals surface area contributed by atoms with Crippen molar-refractivity contribution < 1.29 is 9.53 Å². The predicted molar refractivity (Wildman–Crippen MR) is 156 cm³/mol. The van der Waals surface area contributed by atoms with Crippen molar-refractivity contribution in [1.29, 1.82) is 0 Å². The Kier molecular flexibility index (Phi) is 13.5. The van der Waals surface area contributed by atoms with Gasteiger partial charge in [-0.25, -0.2) is 4.79 Å². The lowest BCUT2D eigenvalue weighted by atomic mass is 9.82. The molecule has 1 heterocycles. The minimum absolute atomic E-state index is 0.0614. The van der Waals surface area contributed by atoms with Crippen LogP contribution < -0.4 is 0 Å². The van der Waals surface area contributed by atoms with Gasteiger partial charge in [-0.1, -0.05) is 102 Å². The van der Waals surface area contributed by atoms with Crippen molar-refractivity contribution in [2.24, 2.45) is 0 Å². The third kappa shape index (κ3) is 10.8. The summed E-state index contributed by atoms with van der Waals surface area (Å²) < 4.78 is 5.73. The molecule has 0 spiro atoms. The highest BCUT2D eigenvalue weighted by atomic mass is 16.5. The van der Waals surface area contributed by atoms with Crippen molar-refractivity contribution in [3.05, 3.63) is 65.9 Å². The smallest absolute Gasteiger partial charge is 0.330 e. The van der Waals surface area contributed by atoms with Crippen molar-refractivity contribution in [3.8, 4) is 11.3 Å². The number of carbonyl (C=O) groups excluding carboxylic acids is 1. The zero-order valence-corrected chi connectivity index (χ0v) is 23.4. The van der Waals surface area contributed by atoms with Gasteiger partial charge in [-0.05, 0) is 74.5 Å². The first-order valence-corrected chi connectivity index (χ1v) is 15.1. The molecule has 1 aliphatic rings. The number of esters is 1. The number of hydrogen-bond donors (Lipinski definition) is 0. The van der Waals surface area contributed by atoms with Gasteiger partial charge in [0.1, 0.15) is 6.10 Å². The summed E-state index contributed by atoms with van der Waals surface area (Å²) >= 11 is 0. The number of unbranched alkanes of at least 4 members (excludes halogenated alkanes) is 9. The first-order valence-electron chi connectivity index (χ1n) is 15.1. The molecule has 1 aromatic carbocycles. The maximum absolute atomic E-state index is 12.2. The SMILES string of the molecule is CCCCCCCCCC=CC(=O)OC1CCC(c2ccc(-c3ccc(CCCCC)cn3)cc2)CC1. The summed E-state index contributed by atoms with van der Waals surface area (Å²) in [6.45, 7) is 4.49. The lowest BCUT2D eigenvalue weighted by Crippen LogP contribution is -2.23. The number of ether oxygens (including phenoxy) is 1. The zero-order chi connectivity index (χ0) is 26.1. The number of allylic oxidation sites excluding steroid dienone is 1. The van der Waals surface area contributed by atoms with E-state index in [4.69, 9.17) is 9.72 Å². The maximum atomic E-state index is 12.2. The van der Waals surface area contributed by atoms with Crippen LogP contribution in [0.4, 0.5) is 0 Å². The molecule has 0 amide bonds. The van der Waals surface area contributed by atoms with Crippen LogP contribution in [0.3, 0.4) is 0 Å². The number of aryl methyl sites for hydroxylation is 1. The quantitative estimate of drug-likeness (QED) is 0.130. The highest BCUT2D eigenvalue weighted by Gasteiger charge is 2.24. The van der Waals surface area contributed by atoms with Crippen molar-refractivity contribution in [2.45, 2.75) is 129 Å². The van der Waals surface area contributed by atoms with Crippen LogP contribution in [0.25, 0.3) is 11.3 Å². The standard InChI is InChI=1S/C34H49NO2/c1-3-5-7-8-9-10-11-12-14-16-34(36)37-32-24-22-30(23-25-32)29-18-20-31(21-19-29)33-26-17-28(27-35-33)15-13-6-4-2/h14,16-21,26-27,30,32H,3-13,15,22-25H2,1-2H3. The molecule has 3 nitrogen and oxygen atoms in total. The lowest BCUT2D eigenvalue weighted by molar-refractivity contribution is -0.144. The first-order chi connectivity index (χ1) is 18.2. The van der Waals surface area contributed by atoms with Crippen molar-refractivity contribution in [1.82, 2.24) is 4.98 Å². The number of benzene rings is 1. The molecule has 1 saturated carbocycles. The van der Waals surface area contributed by atoms with Gasteiger partial charge in [-0.2, -0.15) is 0 Å². The predicted octanol–water partition coefficient (Wildman–Crippen LogP) is 9.75. The molecule has 202 valence electrons. The molecule has 37 heavy (non-hydrogen) atoms. The molecule has 0 radical (unpaired) electrons. The van der Waals surface area contributed by atoms with E-state index in [-0.39, 0.29) is 12.1 Å². The van der Waals surface area contributed by atoms with Crippen molar-refractivity contribution >= 4 is 5.97 Å². The van der Waals surface area contributed by atoms with E-state index in [0.717, 1.165) is 44.2 Å². The number of rotatable bonds is 16. The van der Waals surface area contributed by atoms with Gasteiger partial charge < -0.3 is 4.74 Å². The Hall–Kier alpha value is -2.42. The van der Waals surface area contributed by atoms with Gasteiger partial charge in [0.2, 0.25) is 0 Å². The Morgan fingerprint density at radius 1 is 0.838 bits per heavy atom. The minimum atomic E-state index is -0.167. The largest absolute Gasteiger partial charge is 0.459 e. The average Bonchev–Trinajstić information content (AvgIpc) is 2.93. The van der Waals surface area contributed by atoms with E-state index in [1.54, 1.807) is 6.08 Å². The molecule has 1 aromatic heterocycles. The molecule has 0 unspecified atom stereocenters. The third-order valence-electron chi connectivity index (χ3n) is 7.76. The average molecular weight is 504 g/mol. The van der Waals surface area contributed by atoms with Crippen LogP contribution in [0.15, 0.2) is 54.7 Å². The number of nitrogens with zero attached hydrogens (tertiary/aromatic N) is 1. The van der Waals surface area contributed by atoms with Crippen LogP contribution in [0, 0.1) is 0 Å². The van der Waals surface area contributed by atoms with Crippen LogP contribution in [0.2, 0.25) is 0 Å². The molecule has 0 atom stereocenters. The molecule has 3 heteroatoms. The van der Waals surface area contributed by atoms with Gasteiger partial charge in [0, 0.05) is 17.8 Å². The number of pyridine rings is 1. The van der Waals surface area contributed by atoms with Crippen LogP contribution in [-0.4, -0.2) is 17.1 Å². The number of carbonyl (C=O) groups is 1. The van der Waals surface area contributed by atoms with E-state index in [1.807, 2.05) is 12.3 Å². The van der Waals surface area contributed by atoms with E-state index in [1.165, 1.54) is 80.9 Å². The highest BCUT2D eigenvalue weighted by Crippen LogP contribution is 2.35. The summed E-state index contributed by atoms with van der Waals surface area (Å²) in [5, 5.41) is 0. The molecule has 0 bridgehead atoms.